The second kappa shape index (κ2) is 5.31. The molecule has 0 aliphatic heterocycles. The van der Waals surface area contributed by atoms with Crippen LogP contribution >= 0.6 is 23.2 Å². The van der Waals surface area contributed by atoms with Gasteiger partial charge in [0.1, 0.15) is 0 Å². The van der Waals surface area contributed by atoms with Gasteiger partial charge in [-0.05, 0) is 36.0 Å². The molecule has 0 fully saturated rings. The smallest absolute Gasteiger partial charge is 0.227 e. The summed E-state index contributed by atoms with van der Waals surface area (Å²) in [6.45, 7) is 7.21. The quantitative estimate of drug-likeness (QED) is 0.676. The summed E-state index contributed by atoms with van der Waals surface area (Å²) < 4.78 is 0. The molecule has 0 heterocycles. The van der Waals surface area contributed by atoms with E-state index in [2.05, 4.69) is 0 Å². The number of carbonyl (C=O) groups is 2. The van der Waals surface area contributed by atoms with E-state index < -0.39 is 10.8 Å². The van der Waals surface area contributed by atoms with Gasteiger partial charge in [-0.2, -0.15) is 0 Å². The number of carbonyl (C=O) groups excluding carboxylic acids is 2. The first-order valence-electron chi connectivity index (χ1n) is 4.99. The normalized spacial score (nSPS) is 12.7. The third-order valence-electron chi connectivity index (χ3n) is 2.67. The maximum atomic E-state index is 11.0. The van der Waals surface area contributed by atoms with Crippen molar-refractivity contribution in [2.45, 2.75) is 47.0 Å². The van der Waals surface area contributed by atoms with Crippen molar-refractivity contribution in [3.05, 3.63) is 0 Å². The summed E-state index contributed by atoms with van der Waals surface area (Å²) in [4.78, 5) is 22.1. The summed E-state index contributed by atoms with van der Waals surface area (Å²) in [6.07, 6.45) is 2.10. The van der Waals surface area contributed by atoms with Gasteiger partial charge in [0.2, 0.25) is 10.5 Å². The van der Waals surface area contributed by atoms with Gasteiger partial charge in [-0.15, -0.1) is 0 Å². The van der Waals surface area contributed by atoms with Crippen LogP contribution < -0.4 is 0 Å². The first-order valence-corrected chi connectivity index (χ1v) is 5.75. The van der Waals surface area contributed by atoms with Crippen LogP contribution in [0.1, 0.15) is 47.0 Å². The highest BCUT2D eigenvalue weighted by Gasteiger charge is 2.29. The van der Waals surface area contributed by atoms with E-state index in [1.165, 1.54) is 0 Å². The minimum Gasteiger partial charge on any atom is -0.281 e. The summed E-state index contributed by atoms with van der Waals surface area (Å²) in [5.41, 5.74) is -1.04. The number of rotatable bonds is 6. The summed E-state index contributed by atoms with van der Waals surface area (Å²) in [7, 11) is 0. The van der Waals surface area contributed by atoms with Crippen molar-refractivity contribution in [2.24, 2.45) is 10.8 Å². The lowest BCUT2D eigenvalue weighted by molar-refractivity contribution is -0.119. The van der Waals surface area contributed by atoms with Crippen molar-refractivity contribution in [2.75, 3.05) is 0 Å². The van der Waals surface area contributed by atoms with Gasteiger partial charge in [-0.3, -0.25) is 9.59 Å². The number of hydrogen-bond donors (Lipinski definition) is 0. The van der Waals surface area contributed by atoms with Crippen LogP contribution in [0.3, 0.4) is 0 Å². The van der Waals surface area contributed by atoms with Crippen molar-refractivity contribution in [3.8, 4) is 0 Å². The molecular weight excluding hydrogens is 235 g/mol. The second-order valence-electron chi connectivity index (χ2n) is 5.17. The van der Waals surface area contributed by atoms with Crippen LogP contribution in [-0.4, -0.2) is 10.5 Å². The van der Waals surface area contributed by atoms with Gasteiger partial charge in [-0.1, -0.05) is 34.1 Å². The average Bonchev–Trinajstić information content (AvgIpc) is 2.02. The zero-order valence-electron chi connectivity index (χ0n) is 9.69. The Labute approximate surface area is 101 Å². The molecule has 0 aliphatic carbocycles. The van der Waals surface area contributed by atoms with E-state index in [0.29, 0.717) is 12.8 Å². The molecule has 0 rings (SSSR count). The number of hydrogen-bond acceptors (Lipinski definition) is 2. The van der Waals surface area contributed by atoms with Crippen molar-refractivity contribution in [1.29, 1.82) is 0 Å². The molecule has 0 amide bonds. The molecule has 0 aromatic heterocycles. The largest absolute Gasteiger partial charge is 0.281 e. The van der Waals surface area contributed by atoms with Crippen LogP contribution in [0.4, 0.5) is 0 Å². The first kappa shape index (κ1) is 14.9. The minimum atomic E-state index is -0.521. The molecule has 4 heteroatoms. The molecule has 0 saturated carbocycles. The van der Waals surface area contributed by atoms with E-state index in [4.69, 9.17) is 23.2 Å². The van der Waals surface area contributed by atoms with E-state index in [9.17, 15) is 9.59 Å². The van der Waals surface area contributed by atoms with Crippen molar-refractivity contribution < 1.29 is 9.59 Å². The summed E-state index contributed by atoms with van der Waals surface area (Å²) in [6, 6.07) is 0. The zero-order chi connectivity index (χ0) is 12.3. The maximum Gasteiger partial charge on any atom is 0.227 e. The Morgan fingerprint density at radius 2 is 1.13 bits per heavy atom. The highest BCUT2D eigenvalue weighted by molar-refractivity contribution is 6.64. The molecular formula is C11H18Cl2O2. The van der Waals surface area contributed by atoms with Crippen molar-refractivity contribution in [3.63, 3.8) is 0 Å². The summed E-state index contributed by atoms with van der Waals surface area (Å²) in [5.74, 6) is 0. The fourth-order valence-electron chi connectivity index (χ4n) is 1.17. The molecule has 0 radical (unpaired) electrons. The van der Waals surface area contributed by atoms with E-state index in [-0.39, 0.29) is 10.5 Å². The topological polar surface area (TPSA) is 34.1 Å². The van der Waals surface area contributed by atoms with Crippen LogP contribution in [0.25, 0.3) is 0 Å². The SMILES string of the molecule is CC(C)(CCCC(C)(C)C(=O)Cl)C(=O)Cl. The fraction of sp³-hybridized carbons (Fsp3) is 0.818. The molecule has 0 spiro atoms. The summed E-state index contributed by atoms with van der Waals surface area (Å²) in [5, 5.41) is -0.671. The molecule has 0 bridgehead atoms. The molecule has 0 unspecified atom stereocenters. The van der Waals surface area contributed by atoms with Gasteiger partial charge in [-0.25, -0.2) is 0 Å². The monoisotopic (exact) mass is 252 g/mol. The number of halogens is 2. The predicted octanol–water partition coefficient (Wildman–Crippen LogP) is 3.74. The van der Waals surface area contributed by atoms with Gasteiger partial charge in [0.05, 0.1) is 0 Å². The zero-order valence-corrected chi connectivity index (χ0v) is 11.2. The van der Waals surface area contributed by atoms with Gasteiger partial charge in [0.15, 0.2) is 0 Å². The minimum absolute atomic E-state index is 0.336. The van der Waals surface area contributed by atoms with Gasteiger partial charge in [0, 0.05) is 10.8 Å². The Bertz CT molecular complexity index is 231. The lowest BCUT2D eigenvalue weighted by Crippen LogP contribution is -2.23. The molecule has 2 nitrogen and oxygen atoms in total. The molecule has 0 saturated heterocycles. The van der Waals surface area contributed by atoms with Crippen LogP contribution in [0, 0.1) is 10.8 Å². The molecule has 0 N–H and O–H groups in total. The van der Waals surface area contributed by atoms with E-state index in [0.717, 1.165) is 6.42 Å². The van der Waals surface area contributed by atoms with E-state index >= 15 is 0 Å². The fourth-order valence-corrected chi connectivity index (χ4v) is 1.36. The van der Waals surface area contributed by atoms with Crippen molar-refractivity contribution >= 4 is 33.7 Å². The molecule has 88 valence electrons. The van der Waals surface area contributed by atoms with E-state index in [1.54, 1.807) is 27.7 Å². The molecule has 0 aromatic carbocycles. The highest BCUT2D eigenvalue weighted by Crippen LogP contribution is 2.31. The highest BCUT2D eigenvalue weighted by atomic mass is 35.5. The maximum absolute atomic E-state index is 11.0. The third kappa shape index (κ3) is 4.98. The second-order valence-corrected chi connectivity index (χ2v) is 5.86. The van der Waals surface area contributed by atoms with E-state index in [1.807, 2.05) is 0 Å². The van der Waals surface area contributed by atoms with Gasteiger partial charge < -0.3 is 0 Å². The standard InChI is InChI=1S/C11H18Cl2O2/c1-10(2,8(12)14)6-5-7-11(3,4)9(13)15/h5-7H2,1-4H3. The lowest BCUT2D eigenvalue weighted by atomic mass is 9.83. The van der Waals surface area contributed by atoms with Crippen LogP contribution in [0.5, 0.6) is 0 Å². The Morgan fingerprint density at radius 1 is 0.867 bits per heavy atom. The van der Waals surface area contributed by atoms with Crippen LogP contribution in [0.15, 0.2) is 0 Å². The molecule has 0 aliphatic rings. The Kier molecular flexibility index (Phi) is 5.28. The summed E-state index contributed by atoms with van der Waals surface area (Å²) >= 11 is 10.9. The Morgan fingerprint density at radius 3 is 1.33 bits per heavy atom. The molecule has 0 aromatic rings. The van der Waals surface area contributed by atoms with Crippen molar-refractivity contribution in [1.82, 2.24) is 0 Å². The van der Waals surface area contributed by atoms with Gasteiger partial charge in [0.25, 0.3) is 0 Å². The predicted molar refractivity (Wildman–Crippen MR) is 63.1 cm³/mol. The molecule has 15 heavy (non-hydrogen) atoms. The third-order valence-corrected chi connectivity index (χ3v) is 3.69. The lowest BCUT2D eigenvalue weighted by Gasteiger charge is -2.23. The molecule has 0 atom stereocenters. The van der Waals surface area contributed by atoms with Gasteiger partial charge >= 0.3 is 0 Å². The first-order chi connectivity index (χ1) is 6.59. The van der Waals surface area contributed by atoms with Crippen LogP contribution in [0.2, 0.25) is 0 Å². The Hall–Kier alpha value is -0.0800. The average molecular weight is 253 g/mol. The Balaban J connectivity index is 4.11. The van der Waals surface area contributed by atoms with Crippen LogP contribution in [-0.2, 0) is 9.59 Å².